The molecule has 0 saturated carbocycles. The second kappa shape index (κ2) is 10.0. The fraction of sp³-hybridized carbons (Fsp3) is 0.429. The molecule has 0 aliphatic carbocycles. The number of fused-ring (bicyclic) bond motifs is 1. The molecule has 0 unspecified atom stereocenters. The second-order valence-corrected chi connectivity index (χ2v) is 9.34. The molecule has 2 aromatic rings. The fourth-order valence-electron chi connectivity index (χ4n) is 5.50. The van der Waals surface area contributed by atoms with Crippen LogP contribution in [0.5, 0.6) is 0 Å². The molecular formula is C28H30N2O4. The maximum Gasteiger partial charge on any atom is 0.242 e. The Morgan fingerprint density at radius 3 is 2.50 bits per heavy atom. The molecule has 3 aliphatic rings. The monoisotopic (exact) mass is 458 g/mol. The van der Waals surface area contributed by atoms with E-state index in [9.17, 15) is 14.7 Å². The van der Waals surface area contributed by atoms with Gasteiger partial charge in [-0.1, -0.05) is 54.3 Å². The number of hydrogen-bond donors (Lipinski definition) is 1. The third-order valence-electron chi connectivity index (χ3n) is 7.30. The Morgan fingerprint density at radius 1 is 1.06 bits per heavy atom. The number of carbonyl (C=O) groups excluding carboxylic acids is 2. The summed E-state index contributed by atoms with van der Waals surface area (Å²) in [7, 11) is 0. The lowest BCUT2D eigenvalue weighted by atomic mass is 9.73. The summed E-state index contributed by atoms with van der Waals surface area (Å²) in [5.41, 5.74) is 3.20. The minimum Gasteiger partial charge on any atom is -0.394 e. The van der Waals surface area contributed by atoms with Gasteiger partial charge < -0.3 is 19.6 Å². The summed E-state index contributed by atoms with van der Waals surface area (Å²) in [6, 6.07) is 17.9. The fourth-order valence-corrected chi connectivity index (χ4v) is 5.50. The number of rotatable bonds is 4. The third kappa shape index (κ3) is 4.46. The van der Waals surface area contributed by atoms with E-state index in [1.54, 1.807) is 9.80 Å². The van der Waals surface area contributed by atoms with Crippen LogP contribution in [0.1, 0.15) is 35.4 Å². The van der Waals surface area contributed by atoms with Crippen molar-refractivity contribution in [1.82, 2.24) is 9.80 Å². The minimum atomic E-state index is -0.243. The van der Waals surface area contributed by atoms with Crippen LogP contribution in [0.25, 0.3) is 0 Å². The van der Waals surface area contributed by atoms with Crippen LogP contribution in [0, 0.1) is 17.8 Å². The molecule has 3 atom stereocenters. The summed E-state index contributed by atoms with van der Waals surface area (Å²) in [6.45, 7) is 1.74. The number of hydrogen-bond acceptors (Lipinski definition) is 4. The smallest absolute Gasteiger partial charge is 0.242 e. The molecule has 3 saturated heterocycles. The molecule has 3 fully saturated rings. The molecule has 3 aliphatic heterocycles. The molecule has 0 spiro atoms. The molecule has 2 amide bonds. The SMILES string of the molecule is O=C(C1CCOCC1)N1CC(=O)N2[C@H](CO)[C@@H](c3ccc(C#CCc4ccccc4)cc3)[C@H]2C1. The van der Waals surface area contributed by atoms with E-state index in [4.69, 9.17) is 4.74 Å². The van der Waals surface area contributed by atoms with Crippen LogP contribution in [0.15, 0.2) is 54.6 Å². The molecule has 176 valence electrons. The van der Waals surface area contributed by atoms with Crippen molar-refractivity contribution in [2.75, 3.05) is 32.9 Å². The normalized spacial score (nSPS) is 24.6. The van der Waals surface area contributed by atoms with Crippen LogP contribution in [0.4, 0.5) is 0 Å². The number of ether oxygens (including phenoxy) is 1. The summed E-state index contributed by atoms with van der Waals surface area (Å²) in [5, 5.41) is 10.0. The number of benzene rings is 2. The molecule has 34 heavy (non-hydrogen) atoms. The first kappa shape index (κ1) is 22.6. The van der Waals surface area contributed by atoms with Crippen molar-refractivity contribution < 1.29 is 19.4 Å². The van der Waals surface area contributed by atoms with Crippen molar-refractivity contribution in [3.05, 3.63) is 71.3 Å². The number of amides is 2. The zero-order valence-corrected chi connectivity index (χ0v) is 19.2. The molecule has 2 aromatic carbocycles. The molecule has 0 radical (unpaired) electrons. The number of aliphatic hydroxyl groups excluding tert-OH is 1. The Kier molecular flexibility index (Phi) is 6.66. The van der Waals surface area contributed by atoms with Crippen molar-refractivity contribution in [2.24, 2.45) is 5.92 Å². The third-order valence-corrected chi connectivity index (χ3v) is 7.30. The lowest BCUT2D eigenvalue weighted by molar-refractivity contribution is -0.169. The first-order valence-electron chi connectivity index (χ1n) is 12.1. The predicted molar refractivity (Wildman–Crippen MR) is 128 cm³/mol. The Labute approximate surface area is 200 Å². The van der Waals surface area contributed by atoms with Crippen LogP contribution < -0.4 is 0 Å². The van der Waals surface area contributed by atoms with Gasteiger partial charge in [-0.3, -0.25) is 9.59 Å². The number of piperazine rings is 1. The van der Waals surface area contributed by atoms with Crippen molar-refractivity contribution in [3.63, 3.8) is 0 Å². The lowest BCUT2D eigenvalue weighted by Crippen LogP contribution is -2.73. The molecule has 5 rings (SSSR count). The highest BCUT2D eigenvalue weighted by Crippen LogP contribution is 2.43. The summed E-state index contributed by atoms with van der Waals surface area (Å²) < 4.78 is 5.38. The van der Waals surface area contributed by atoms with Gasteiger partial charge in [0.2, 0.25) is 11.8 Å². The van der Waals surface area contributed by atoms with Crippen molar-refractivity contribution in [3.8, 4) is 11.8 Å². The Balaban J connectivity index is 1.28. The van der Waals surface area contributed by atoms with Gasteiger partial charge in [0, 0.05) is 43.6 Å². The molecule has 3 heterocycles. The molecule has 0 aromatic heterocycles. The van der Waals surface area contributed by atoms with Gasteiger partial charge >= 0.3 is 0 Å². The number of aliphatic hydroxyl groups is 1. The highest BCUT2D eigenvalue weighted by Gasteiger charge is 2.54. The molecule has 1 N–H and O–H groups in total. The van der Waals surface area contributed by atoms with Gasteiger partial charge in [0.1, 0.15) is 0 Å². The Bertz CT molecular complexity index is 1080. The van der Waals surface area contributed by atoms with Crippen molar-refractivity contribution in [2.45, 2.75) is 37.3 Å². The topological polar surface area (TPSA) is 70.1 Å². The van der Waals surface area contributed by atoms with Crippen molar-refractivity contribution in [1.29, 1.82) is 0 Å². The average Bonchev–Trinajstić information content (AvgIpc) is 2.87. The van der Waals surface area contributed by atoms with Gasteiger partial charge in [0.25, 0.3) is 0 Å². The van der Waals surface area contributed by atoms with Gasteiger partial charge in [-0.25, -0.2) is 0 Å². The average molecular weight is 459 g/mol. The van der Waals surface area contributed by atoms with Gasteiger partial charge in [-0.15, -0.1) is 0 Å². The molecule has 6 nitrogen and oxygen atoms in total. The zero-order valence-electron chi connectivity index (χ0n) is 19.2. The second-order valence-electron chi connectivity index (χ2n) is 9.34. The van der Waals surface area contributed by atoms with Gasteiger partial charge in [0.05, 0.1) is 25.2 Å². The number of carbonyl (C=O) groups is 2. The molecule has 0 bridgehead atoms. The summed E-state index contributed by atoms with van der Waals surface area (Å²) in [6.07, 6.45) is 2.13. The van der Waals surface area contributed by atoms with Crippen LogP contribution in [0.3, 0.4) is 0 Å². The Morgan fingerprint density at radius 2 is 1.79 bits per heavy atom. The highest BCUT2D eigenvalue weighted by molar-refractivity contribution is 5.88. The van der Waals surface area contributed by atoms with Crippen LogP contribution in [-0.2, 0) is 20.7 Å². The maximum atomic E-state index is 13.1. The quantitative estimate of drug-likeness (QED) is 0.714. The van der Waals surface area contributed by atoms with E-state index in [-0.39, 0.29) is 48.9 Å². The minimum absolute atomic E-state index is 0.00515. The maximum absolute atomic E-state index is 13.1. The van der Waals surface area contributed by atoms with E-state index in [1.165, 1.54) is 5.56 Å². The summed E-state index contributed by atoms with van der Waals surface area (Å²) in [5.74, 6) is 6.37. The summed E-state index contributed by atoms with van der Waals surface area (Å²) in [4.78, 5) is 29.4. The highest BCUT2D eigenvalue weighted by atomic mass is 16.5. The lowest BCUT2D eigenvalue weighted by Gasteiger charge is -2.59. The summed E-state index contributed by atoms with van der Waals surface area (Å²) >= 11 is 0. The van der Waals surface area contributed by atoms with Gasteiger partial charge in [-0.2, -0.15) is 0 Å². The van der Waals surface area contributed by atoms with E-state index >= 15 is 0 Å². The van der Waals surface area contributed by atoms with Crippen LogP contribution >= 0.6 is 0 Å². The molecule has 6 heteroatoms. The van der Waals surface area contributed by atoms with E-state index < -0.39 is 0 Å². The first-order chi connectivity index (χ1) is 16.7. The van der Waals surface area contributed by atoms with E-state index in [2.05, 4.69) is 24.0 Å². The van der Waals surface area contributed by atoms with E-state index in [0.717, 1.165) is 11.1 Å². The first-order valence-corrected chi connectivity index (χ1v) is 12.1. The number of nitrogens with zero attached hydrogens (tertiary/aromatic N) is 2. The van der Waals surface area contributed by atoms with Gasteiger partial charge in [-0.05, 0) is 36.1 Å². The molecular weight excluding hydrogens is 428 g/mol. The zero-order chi connectivity index (χ0) is 23.5. The largest absolute Gasteiger partial charge is 0.394 e. The van der Waals surface area contributed by atoms with Gasteiger partial charge in [0.15, 0.2) is 0 Å². The predicted octanol–water partition coefficient (Wildman–Crippen LogP) is 2.20. The standard InChI is InChI=1S/C28H30N2O4/c31-19-25-27(22-11-9-21(10-12-22)8-4-7-20-5-2-1-3-6-20)24-17-29(18-26(32)30(24)25)28(33)23-13-15-34-16-14-23/h1-3,5-6,9-12,23-25,27,31H,7,13-19H2/t24-,25-,27+/m1/s1. The van der Waals surface area contributed by atoms with Crippen LogP contribution in [-0.4, -0.2) is 71.7 Å². The van der Waals surface area contributed by atoms with E-state index in [0.29, 0.717) is 39.0 Å². The Hall–Kier alpha value is -3.14. The van der Waals surface area contributed by atoms with Crippen LogP contribution in [0.2, 0.25) is 0 Å². The van der Waals surface area contributed by atoms with Crippen molar-refractivity contribution >= 4 is 11.8 Å². The van der Waals surface area contributed by atoms with E-state index in [1.807, 2.05) is 42.5 Å².